The number of carboxylic acid groups (broad SMARTS) is 1. The van der Waals surface area contributed by atoms with E-state index < -0.39 is 5.97 Å². The maximum absolute atomic E-state index is 10.6. The molecule has 0 aliphatic carbocycles. The number of unbranched alkanes of at least 4 members (excludes halogenated alkanes) is 3. The fourth-order valence-electron chi connectivity index (χ4n) is 3.92. The van der Waals surface area contributed by atoms with Crippen molar-refractivity contribution in [1.29, 1.82) is 0 Å². The molecule has 5 nitrogen and oxygen atoms in total. The van der Waals surface area contributed by atoms with Crippen LogP contribution in [0.15, 0.2) is 24.3 Å². The van der Waals surface area contributed by atoms with E-state index in [4.69, 9.17) is 19.3 Å². The Morgan fingerprint density at radius 2 is 2.10 bits per heavy atom. The first-order valence-electron chi connectivity index (χ1n) is 11.6. The van der Waals surface area contributed by atoms with Crippen molar-refractivity contribution in [3.63, 3.8) is 0 Å². The molecule has 1 N–H and O–H groups in total. The van der Waals surface area contributed by atoms with Gasteiger partial charge in [0.1, 0.15) is 0 Å². The molecule has 0 spiro atoms. The van der Waals surface area contributed by atoms with Crippen molar-refractivity contribution in [3.8, 4) is 0 Å². The molecule has 2 aliphatic heterocycles. The van der Waals surface area contributed by atoms with Crippen molar-refractivity contribution in [2.75, 3.05) is 19.8 Å². The van der Waals surface area contributed by atoms with Gasteiger partial charge in [-0.25, -0.2) is 0 Å². The van der Waals surface area contributed by atoms with Gasteiger partial charge in [0.05, 0.1) is 19.3 Å². The number of carboxylic acids is 1. The number of aliphatic carboxylic acids is 1. The maximum Gasteiger partial charge on any atom is 0.303 e. The number of ether oxygens (including phenoxy) is 3. The van der Waals surface area contributed by atoms with Crippen LogP contribution in [0.25, 0.3) is 0 Å². The third-order valence-corrected chi connectivity index (χ3v) is 5.74. The fraction of sp³-hybridized carbons (Fsp3) is 0.792. The summed E-state index contributed by atoms with van der Waals surface area (Å²) in [5.74, 6) is 0.189. The van der Waals surface area contributed by atoms with Crippen LogP contribution in [0.1, 0.15) is 77.6 Å². The summed E-state index contributed by atoms with van der Waals surface area (Å²) in [5, 5.41) is 8.69. The summed E-state index contributed by atoms with van der Waals surface area (Å²) in [5.41, 5.74) is 0. The number of hydrogen-bond donors (Lipinski definition) is 1. The summed E-state index contributed by atoms with van der Waals surface area (Å²) in [6.45, 7) is 4.61. The van der Waals surface area contributed by atoms with E-state index in [9.17, 15) is 4.79 Å². The molecule has 0 amide bonds. The molecule has 2 fully saturated rings. The fourth-order valence-corrected chi connectivity index (χ4v) is 3.92. The van der Waals surface area contributed by atoms with Gasteiger partial charge >= 0.3 is 5.97 Å². The topological polar surface area (TPSA) is 65.0 Å². The van der Waals surface area contributed by atoms with Crippen LogP contribution in [0.5, 0.6) is 0 Å². The number of hydrogen-bond acceptors (Lipinski definition) is 4. The van der Waals surface area contributed by atoms with Crippen LogP contribution < -0.4 is 0 Å². The standard InChI is InChI=1S/C24H40O5/c1-2-3-6-12-22(29-24-14-9-10-17-28-24)16-15-21-19-27-18-20(21)11-7-4-5-8-13-23(25)26/h4,7,15-16,20-22,24H,2-3,5-6,8-14,17-19H2,1H3,(H,25,26)/b7-4-,16-15+/t20-,21+,22?,24?/m0/s1. The summed E-state index contributed by atoms with van der Waals surface area (Å²) in [6.07, 6.45) is 19.7. The van der Waals surface area contributed by atoms with Gasteiger partial charge in [0.2, 0.25) is 0 Å². The predicted octanol–water partition coefficient (Wildman–Crippen LogP) is 5.50. The highest BCUT2D eigenvalue weighted by molar-refractivity contribution is 5.66. The molecule has 0 aromatic rings. The van der Waals surface area contributed by atoms with Crippen LogP contribution in [-0.2, 0) is 19.0 Å². The molecule has 4 atom stereocenters. The molecule has 2 heterocycles. The first-order chi connectivity index (χ1) is 14.2. The van der Waals surface area contributed by atoms with Crippen LogP contribution in [0.3, 0.4) is 0 Å². The lowest BCUT2D eigenvalue weighted by Crippen LogP contribution is -2.27. The lowest BCUT2D eigenvalue weighted by molar-refractivity contribution is -0.179. The second-order valence-corrected chi connectivity index (χ2v) is 8.31. The number of carbonyl (C=O) groups is 1. The minimum absolute atomic E-state index is 0.0515. The first-order valence-corrected chi connectivity index (χ1v) is 11.6. The molecule has 0 bridgehead atoms. The van der Waals surface area contributed by atoms with Gasteiger partial charge in [-0.2, -0.15) is 0 Å². The van der Waals surface area contributed by atoms with Crippen LogP contribution in [0, 0.1) is 11.8 Å². The van der Waals surface area contributed by atoms with E-state index in [1.807, 2.05) is 0 Å². The Balaban J connectivity index is 1.79. The number of allylic oxidation sites excluding steroid dienone is 2. The van der Waals surface area contributed by atoms with Crippen molar-refractivity contribution in [3.05, 3.63) is 24.3 Å². The van der Waals surface area contributed by atoms with Crippen molar-refractivity contribution < 1.29 is 24.1 Å². The molecule has 29 heavy (non-hydrogen) atoms. The van der Waals surface area contributed by atoms with Crippen molar-refractivity contribution in [2.24, 2.45) is 11.8 Å². The van der Waals surface area contributed by atoms with Gasteiger partial charge < -0.3 is 19.3 Å². The van der Waals surface area contributed by atoms with Gasteiger partial charge in [0.15, 0.2) is 6.29 Å². The zero-order valence-electron chi connectivity index (χ0n) is 18.1. The Morgan fingerprint density at radius 3 is 2.86 bits per heavy atom. The van der Waals surface area contributed by atoms with E-state index in [0.29, 0.717) is 18.3 Å². The van der Waals surface area contributed by atoms with Crippen molar-refractivity contribution in [2.45, 2.75) is 89.9 Å². The van der Waals surface area contributed by atoms with Gasteiger partial charge in [-0.05, 0) is 50.9 Å². The first kappa shape index (κ1) is 24.1. The van der Waals surface area contributed by atoms with Crippen molar-refractivity contribution >= 4 is 5.97 Å². The Morgan fingerprint density at radius 1 is 1.21 bits per heavy atom. The molecule has 2 unspecified atom stereocenters. The van der Waals surface area contributed by atoms with Gasteiger partial charge in [-0.15, -0.1) is 0 Å². The SMILES string of the molecule is CCCCCC(/C=C/[C@@H]1COC[C@@H]1C/C=C\CCCC(=O)O)OC1CCCCO1. The third-order valence-electron chi connectivity index (χ3n) is 5.74. The highest BCUT2D eigenvalue weighted by Crippen LogP contribution is 2.27. The van der Waals surface area contributed by atoms with Gasteiger partial charge in [0, 0.05) is 18.9 Å². The molecular weight excluding hydrogens is 368 g/mol. The van der Waals surface area contributed by atoms with Crippen LogP contribution in [0.4, 0.5) is 0 Å². The van der Waals surface area contributed by atoms with Gasteiger partial charge in [0.25, 0.3) is 0 Å². The zero-order valence-corrected chi connectivity index (χ0v) is 18.1. The molecule has 0 radical (unpaired) electrons. The van der Waals surface area contributed by atoms with E-state index in [2.05, 4.69) is 31.2 Å². The Kier molecular flexibility index (Phi) is 12.3. The van der Waals surface area contributed by atoms with Crippen LogP contribution in [0.2, 0.25) is 0 Å². The van der Waals surface area contributed by atoms with Gasteiger partial charge in [-0.3, -0.25) is 4.79 Å². The minimum Gasteiger partial charge on any atom is -0.481 e. The van der Waals surface area contributed by atoms with Crippen molar-refractivity contribution in [1.82, 2.24) is 0 Å². The molecule has 2 aliphatic rings. The minimum atomic E-state index is -0.720. The summed E-state index contributed by atoms with van der Waals surface area (Å²) < 4.78 is 17.8. The average Bonchev–Trinajstić information content (AvgIpc) is 3.16. The average molecular weight is 409 g/mol. The molecule has 2 rings (SSSR count). The Labute approximate surface area is 176 Å². The van der Waals surface area contributed by atoms with Crippen LogP contribution in [-0.4, -0.2) is 43.3 Å². The normalized spacial score (nSPS) is 26.4. The lowest BCUT2D eigenvalue weighted by Gasteiger charge is -2.26. The molecule has 166 valence electrons. The molecule has 5 heteroatoms. The highest BCUT2D eigenvalue weighted by Gasteiger charge is 2.25. The van der Waals surface area contributed by atoms with E-state index in [-0.39, 0.29) is 18.8 Å². The maximum atomic E-state index is 10.6. The quantitative estimate of drug-likeness (QED) is 0.304. The lowest BCUT2D eigenvalue weighted by atomic mass is 9.91. The Hall–Kier alpha value is -1.17. The van der Waals surface area contributed by atoms with E-state index in [1.54, 1.807) is 0 Å². The summed E-state index contributed by atoms with van der Waals surface area (Å²) in [4.78, 5) is 10.6. The van der Waals surface area contributed by atoms with E-state index in [1.165, 1.54) is 25.7 Å². The third kappa shape index (κ3) is 10.4. The molecule has 0 saturated carbocycles. The molecule has 0 aromatic heterocycles. The van der Waals surface area contributed by atoms with Gasteiger partial charge in [-0.1, -0.05) is 50.5 Å². The smallest absolute Gasteiger partial charge is 0.303 e. The largest absolute Gasteiger partial charge is 0.481 e. The molecular formula is C24H40O5. The summed E-state index contributed by atoms with van der Waals surface area (Å²) in [7, 11) is 0. The molecule has 0 aromatic carbocycles. The zero-order chi connectivity index (χ0) is 20.7. The van der Waals surface area contributed by atoms with E-state index >= 15 is 0 Å². The van der Waals surface area contributed by atoms with E-state index in [0.717, 1.165) is 51.9 Å². The second-order valence-electron chi connectivity index (χ2n) is 8.31. The highest BCUT2D eigenvalue weighted by atomic mass is 16.7. The molecule has 2 saturated heterocycles. The summed E-state index contributed by atoms with van der Waals surface area (Å²) in [6, 6.07) is 0. The number of rotatable bonds is 14. The Bertz CT molecular complexity index is 495. The van der Waals surface area contributed by atoms with Crippen LogP contribution >= 0.6 is 0 Å². The predicted molar refractivity (Wildman–Crippen MR) is 115 cm³/mol. The summed E-state index contributed by atoms with van der Waals surface area (Å²) >= 11 is 0. The second kappa shape index (κ2) is 14.8. The monoisotopic (exact) mass is 408 g/mol.